The van der Waals surface area contributed by atoms with E-state index in [1.807, 2.05) is 61.5 Å². The maximum absolute atomic E-state index is 13.0. The van der Waals surface area contributed by atoms with Gasteiger partial charge in [-0.05, 0) is 43.3 Å². The molecule has 0 saturated carbocycles. The number of hydrogen-bond acceptors (Lipinski definition) is 6. The van der Waals surface area contributed by atoms with Crippen molar-refractivity contribution in [3.8, 4) is 23.2 Å². The molecule has 7 nitrogen and oxygen atoms in total. The van der Waals surface area contributed by atoms with E-state index in [4.69, 9.17) is 10.00 Å². The summed E-state index contributed by atoms with van der Waals surface area (Å²) in [6.45, 7) is 2.16. The maximum atomic E-state index is 13.0. The third kappa shape index (κ3) is 5.15. The number of methoxy groups -OCH3 is 1. The highest BCUT2D eigenvalue weighted by Gasteiger charge is 2.24. The summed E-state index contributed by atoms with van der Waals surface area (Å²) in [4.78, 5) is 19.1. The van der Waals surface area contributed by atoms with Gasteiger partial charge in [-0.3, -0.25) is 9.89 Å². The highest BCUT2D eigenvalue weighted by Crippen LogP contribution is 2.26. The molecule has 1 atom stereocenters. The fourth-order valence-electron chi connectivity index (χ4n) is 2.74. The summed E-state index contributed by atoms with van der Waals surface area (Å²) in [6.07, 6.45) is 0.264. The number of amides is 1. The van der Waals surface area contributed by atoms with Crippen molar-refractivity contribution >= 4 is 23.4 Å². The number of aromatic amines is 1. The average molecular weight is 407 g/mol. The van der Waals surface area contributed by atoms with E-state index in [1.165, 1.54) is 11.8 Å². The molecule has 8 heteroatoms. The number of rotatable bonds is 8. The second-order valence-electron chi connectivity index (χ2n) is 6.19. The summed E-state index contributed by atoms with van der Waals surface area (Å²) < 4.78 is 5.16. The van der Waals surface area contributed by atoms with Crippen LogP contribution in [0.1, 0.15) is 13.3 Å². The number of hydrogen-bond donors (Lipinski definition) is 1. The molecule has 0 radical (unpaired) electrons. The number of carbonyl (C=O) groups is 1. The van der Waals surface area contributed by atoms with Crippen molar-refractivity contribution in [3.05, 3.63) is 54.6 Å². The molecule has 1 N–H and O–H groups in total. The van der Waals surface area contributed by atoms with E-state index in [1.54, 1.807) is 12.0 Å². The maximum Gasteiger partial charge on any atom is 0.240 e. The molecule has 1 amide bonds. The van der Waals surface area contributed by atoms with Gasteiger partial charge in [0.2, 0.25) is 11.1 Å². The molecule has 148 valence electrons. The minimum atomic E-state index is -0.409. The van der Waals surface area contributed by atoms with Crippen LogP contribution >= 0.6 is 11.8 Å². The average Bonchev–Trinajstić information content (AvgIpc) is 3.23. The van der Waals surface area contributed by atoms with Crippen LogP contribution in [0, 0.1) is 11.3 Å². The minimum Gasteiger partial charge on any atom is -0.497 e. The van der Waals surface area contributed by atoms with Gasteiger partial charge in [0.15, 0.2) is 5.82 Å². The number of nitrogens with one attached hydrogen (secondary N) is 1. The number of aromatic nitrogens is 3. The molecule has 0 unspecified atom stereocenters. The molecule has 0 spiro atoms. The topological polar surface area (TPSA) is 94.9 Å². The van der Waals surface area contributed by atoms with Crippen molar-refractivity contribution < 1.29 is 9.53 Å². The predicted molar refractivity (Wildman–Crippen MR) is 113 cm³/mol. The number of para-hydroxylation sites is 1. The number of thioether (sulfide) groups is 1. The van der Waals surface area contributed by atoms with Crippen LogP contribution in [0.3, 0.4) is 0 Å². The SMILES string of the molecule is COc1ccc(-c2nc(S[C@H](C)C(=O)N(CCC#N)c3ccccc3)n[nH]2)cc1. The number of anilines is 1. The molecule has 1 aromatic heterocycles. The molecule has 29 heavy (non-hydrogen) atoms. The zero-order valence-electron chi connectivity index (χ0n) is 16.2. The van der Waals surface area contributed by atoms with Crippen LogP contribution in [-0.4, -0.2) is 40.0 Å². The summed E-state index contributed by atoms with van der Waals surface area (Å²) in [5, 5.41) is 16.2. The molecule has 0 bridgehead atoms. The van der Waals surface area contributed by atoms with Gasteiger partial charge < -0.3 is 9.64 Å². The van der Waals surface area contributed by atoms with Gasteiger partial charge in [-0.25, -0.2) is 4.98 Å². The zero-order chi connectivity index (χ0) is 20.6. The van der Waals surface area contributed by atoms with E-state index < -0.39 is 5.25 Å². The lowest BCUT2D eigenvalue weighted by Gasteiger charge is -2.24. The summed E-state index contributed by atoms with van der Waals surface area (Å²) in [5.74, 6) is 1.30. The molecule has 0 aliphatic rings. The Morgan fingerprint density at radius 1 is 1.24 bits per heavy atom. The van der Waals surface area contributed by atoms with Crippen LogP contribution in [0.4, 0.5) is 5.69 Å². The molecule has 2 aromatic carbocycles. The van der Waals surface area contributed by atoms with E-state index in [2.05, 4.69) is 21.3 Å². The number of nitrogens with zero attached hydrogens (tertiary/aromatic N) is 4. The van der Waals surface area contributed by atoms with E-state index in [0.29, 0.717) is 17.5 Å². The van der Waals surface area contributed by atoms with Crippen molar-refractivity contribution in [2.24, 2.45) is 0 Å². The Morgan fingerprint density at radius 3 is 2.62 bits per heavy atom. The standard InChI is InChI=1S/C21H21N5O2S/c1-15(20(27)26(14-6-13-22)17-7-4-3-5-8-17)29-21-23-19(24-25-21)16-9-11-18(28-2)12-10-16/h3-5,7-12,15H,6,14H2,1-2H3,(H,23,24,25)/t15-/m1/s1. The number of nitriles is 1. The Hall–Kier alpha value is -3.31. The normalized spacial score (nSPS) is 11.5. The van der Waals surface area contributed by atoms with Gasteiger partial charge >= 0.3 is 0 Å². The third-order valence-electron chi connectivity index (χ3n) is 4.24. The molecule has 0 aliphatic heterocycles. The first-order valence-electron chi connectivity index (χ1n) is 9.09. The lowest BCUT2D eigenvalue weighted by Crippen LogP contribution is -2.37. The van der Waals surface area contributed by atoms with E-state index >= 15 is 0 Å². The second-order valence-corrected chi connectivity index (χ2v) is 7.50. The number of ether oxygens (including phenoxy) is 1. The molecule has 0 aliphatic carbocycles. The van der Waals surface area contributed by atoms with Crippen molar-refractivity contribution in [1.82, 2.24) is 15.2 Å². The molecular formula is C21H21N5O2S. The summed E-state index contributed by atoms with van der Waals surface area (Å²) in [5.41, 5.74) is 1.65. The predicted octanol–water partition coefficient (Wildman–Crippen LogP) is 3.91. The quantitative estimate of drug-likeness (QED) is 0.569. The lowest BCUT2D eigenvalue weighted by molar-refractivity contribution is -0.117. The number of carbonyl (C=O) groups excluding carboxylic acids is 1. The van der Waals surface area contributed by atoms with Gasteiger partial charge in [-0.15, -0.1) is 5.10 Å². The second kappa shape index (κ2) is 9.75. The van der Waals surface area contributed by atoms with E-state index in [9.17, 15) is 4.79 Å². The molecule has 3 aromatic rings. The van der Waals surface area contributed by atoms with Gasteiger partial charge in [-0.1, -0.05) is 30.0 Å². The Kier molecular flexibility index (Phi) is 6.87. The first kappa shape index (κ1) is 20.4. The first-order chi connectivity index (χ1) is 14.1. The molecule has 0 fully saturated rings. The van der Waals surface area contributed by atoms with Crippen LogP contribution < -0.4 is 9.64 Å². The van der Waals surface area contributed by atoms with Gasteiger partial charge in [0.25, 0.3) is 0 Å². The molecular weight excluding hydrogens is 386 g/mol. The Morgan fingerprint density at radius 2 is 1.97 bits per heavy atom. The largest absolute Gasteiger partial charge is 0.497 e. The van der Waals surface area contributed by atoms with E-state index in [0.717, 1.165) is 17.0 Å². The Balaban J connectivity index is 1.71. The molecule has 3 rings (SSSR count). The molecule has 0 saturated heterocycles. The first-order valence-corrected chi connectivity index (χ1v) is 9.97. The van der Waals surface area contributed by atoms with Crippen LogP contribution in [-0.2, 0) is 4.79 Å². The van der Waals surface area contributed by atoms with Crippen molar-refractivity contribution in [2.75, 3.05) is 18.6 Å². The van der Waals surface area contributed by atoms with Crippen molar-refractivity contribution in [2.45, 2.75) is 23.8 Å². The van der Waals surface area contributed by atoms with Crippen LogP contribution in [0.15, 0.2) is 59.8 Å². The highest BCUT2D eigenvalue weighted by molar-refractivity contribution is 8.00. The van der Waals surface area contributed by atoms with Crippen molar-refractivity contribution in [3.63, 3.8) is 0 Å². The molecule has 1 heterocycles. The number of H-pyrrole nitrogens is 1. The Labute approximate surface area is 173 Å². The van der Waals surface area contributed by atoms with Gasteiger partial charge in [0, 0.05) is 17.8 Å². The van der Waals surface area contributed by atoms with Gasteiger partial charge in [-0.2, -0.15) is 5.26 Å². The Bertz CT molecular complexity index is 982. The summed E-state index contributed by atoms with van der Waals surface area (Å²) in [6, 6.07) is 18.9. The zero-order valence-corrected chi connectivity index (χ0v) is 17.0. The third-order valence-corrected chi connectivity index (χ3v) is 5.19. The van der Waals surface area contributed by atoms with Gasteiger partial charge in [0.1, 0.15) is 5.75 Å². The summed E-state index contributed by atoms with van der Waals surface area (Å²) >= 11 is 1.28. The van der Waals surface area contributed by atoms with Crippen LogP contribution in [0.25, 0.3) is 11.4 Å². The monoisotopic (exact) mass is 407 g/mol. The smallest absolute Gasteiger partial charge is 0.240 e. The highest BCUT2D eigenvalue weighted by atomic mass is 32.2. The summed E-state index contributed by atoms with van der Waals surface area (Å²) in [7, 11) is 1.62. The fourth-order valence-corrected chi connectivity index (χ4v) is 3.53. The van der Waals surface area contributed by atoms with Crippen molar-refractivity contribution in [1.29, 1.82) is 5.26 Å². The van der Waals surface area contributed by atoms with Crippen LogP contribution in [0.5, 0.6) is 5.75 Å². The van der Waals surface area contributed by atoms with Crippen LogP contribution in [0.2, 0.25) is 0 Å². The lowest BCUT2D eigenvalue weighted by atomic mass is 10.2. The van der Waals surface area contributed by atoms with Gasteiger partial charge in [0.05, 0.1) is 24.8 Å². The fraction of sp³-hybridized carbons (Fsp3) is 0.238. The van der Waals surface area contributed by atoms with E-state index in [-0.39, 0.29) is 12.3 Å². The number of benzene rings is 2. The minimum absolute atomic E-state index is 0.0905.